The maximum Gasteiger partial charge on any atom is 0.433 e. The summed E-state index contributed by atoms with van der Waals surface area (Å²) in [5.74, 6) is 0. The lowest BCUT2D eigenvalue weighted by Gasteiger charge is -2.14. The fraction of sp³-hybridized carbons (Fsp3) is 0.167. The Hall–Kier alpha value is -1.55. The van der Waals surface area contributed by atoms with Crippen LogP contribution in [0.4, 0.5) is 26.3 Å². The molecular weight excluding hydrogens is 417 g/mol. The summed E-state index contributed by atoms with van der Waals surface area (Å²) in [6.45, 7) is 0. The largest absolute Gasteiger partial charge is 0.433 e. The van der Waals surface area contributed by atoms with Crippen LogP contribution in [0.15, 0.2) is 33.8 Å². The van der Waals surface area contributed by atoms with Gasteiger partial charge in [0, 0.05) is 10.5 Å². The number of halogens is 8. The van der Waals surface area contributed by atoms with Crippen LogP contribution in [0.3, 0.4) is 0 Å². The molecule has 0 bridgehead atoms. The Bertz CT molecular complexity index is 791. The summed E-state index contributed by atoms with van der Waals surface area (Å²) in [4.78, 5) is 14.9. The van der Waals surface area contributed by atoms with Crippen LogP contribution in [0.2, 0.25) is 5.02 Å². The molecule has 124 valence electrons. The zero-order valence-corrected chi connectivity index (χ0v) is 13.0. The summed E-state index contributed by atoms with van der Waals surface area (Å²) >= 11 is 8.56. The van der Waals surface area contributed by atoms with Gasteiger partial charge in [-0.2, -0.15) is 26.3 Å². The smallest absolute Gasteiger partial charge is 0.269 e. The van der Waals surface area contributed by atoms with Crippen molar-refractivity contribution in [1.29, 1.82) is 0 Å². The lowest BCUT2D eigenvalue weighted by Crippen LogP contribution is -2.23. The molecule has 0 saturated heterocycles. The molecule has 23 heavy (non-hydrogen) atoms. The number of hydrogen-bond donors (Lipinski definition) is 0. The van der Waals surface area contributed by atoms with Gasteiger partial charge in [0.2, 0.25) is 0 Å². The molecular formula is C12H4BrClF6N2O. The zero-order chi connectivity index (χ0) is 17.6. The Morgan fingerprint density at radius 1 is 1.04 bits per heavy atom. The minimum Gasteiger partial charge on any atom is -0.269 e. The van der Waals surface area contributed by atoms with Crippen LogP contribution in [0, 0.1) is 0 Å². The van der Waals surface area contributed by atoms with E-state index >= 15 is 0 Å². The lowest BCUT2D eigenvalue weighted by molar-refractivity contribution is -0.141. The fourth-order valence-electron chi connectivity index (χ4n) is 1.68. The molecule has 1 aromatic carbocycles. The molecule has 0 aliphatic carbocycles. The Morgan fingerprint density at radius 3 is 2.09 bits per heavy atom. The van der Waals surface area contributed by atoms with Gasteiger partial charge in [0.15, 0.2) is 5.69 Å². The van der Waals surface area contributed by atoms with Crippen molar-refractivity contribution in [3.05, 3.63) is 55.6 Å². The van der Waals surface area contributed by atoms with Gasteiger partial charge >= 0.3 is 12.4 Å². The molecule has 2 aromatic rings. The third-order valence-electron chi connectivity index (χ3n) is 2.69. The predicted molar refractivity (Wildman–Crippen MR) is 72.5 cm³/mol. The van der Waals surface area contributed by atoms with E-state index in [1.54, 1.807) is 0 Å². The molecule has 0 atom stereocenters. The molecule has 0 amide bonds. The Balaban J connectivity index is 2.62. The van der Waals surface area contributed by atoms with E-state index in [2.05, 4.69) is 20.9 Å². The van der Waals surface area contributed by atoms with Gasteiger partial charge in [0.1, 0.15) is 6.33 Å². The Morgan fingerprint density at radius 2 is 1.65 bits per heavy atom. The second-order valence-corrected chi connectivity index (χ2v) is 5.53. The first-order valence-electron chi connectivity index (χ1n) is 5.64. The van der Waals surface area contributed by atoms with Crippen molar-refractivity contribution in [2.75, 3.05) is 0 Å². The van der Waals surface area contributed by atoms with E-state index in [4.69, 9.17) is 11.6 Å². The molecule has 0 N–H and O–H groups in total. The normalized spacial score (nSPS) is 12.5. The highest BCUT2D eigenvalue weighted by atomic mass is 79.9. The average molecular weight is 422 g/mol. The summed E-state index contributed by atoms with van der Waals surface area (Å²) in [5, 5.41) is -0.477. The number of benzene rings is 1. The van der Waals surface area contributed by atoms with E-state index in [9.17, 15) is 31.1 Å². The molecule has 0 saturated carbocycles. The molecule has 0 radical (unpaired) electrons. The van der Waals surface area contributed by atoms with Crippen LogP contribution >= 0.6 is 27.5 Å². The van der Waals surface area contributed by atoms with Gasteiger partial charge < -0.3 is 0 Å². The molecule has 0 fully saturated rings. The van der Waals surface area contributed by atoms with Crippen LogP contribution in [0.25, 0.3) is 5.69 Å². The molecule has 3 nitrogen and oxygen atoms in total. The lowest BCUT2D eigenvalue weighted by atomic mass is 10.2. The van der Waals surface area contributed by atoms with Crippen LogP contribution < -0.4 is 5.56 Å². The van der Waals surface area contributed by atoms with Crippen molar-refractivity contribution in [3.63, 3.8) is 0 Å². The minimum absolute atomic E-state index is 0.221. The average Bonchev–Trinajstić information content (AvgIpc) is 2.37. The number of nitrogens with zero attached hydrogens (tertiary/aromatic N) is 2. The van der Waals surface area contributed by atoms with Crippen molar-refractivity contribution < 1.29 is 26.3 Å². The molecule has 2 rings (SSSR count). The number of hydrogen-bond acceptors (Lipinski definition) is 2. The highest BCUT2D eigenvalue weighted by Gasteiger charge is 2.34. The van der Waals surface area contributed by atoms with Crippen molar-refractivity contribution in [2.24, 2.45) is 0 Å². The topological polar surface area (TPSA) is 34.9 Å². The maximum atomic E-state index is 12.7. The van der Waals surface area contributed by atoms with Gasteiger partial charge in [-0.25, -0.2) is 4.98 Å². The van der Waals surface area contributed by atoms with Crippen molar-refractivity contribution in [1.82, 2.24) is 9.55 Å². The molecule has 1 aromatic heterocycles. The first-order chi connectivity index (χ1) is 10.4. The van der Waals surface area contributed by atoms with Gasteiger partial charge in [0.25, 0.3) is 5.56 Å². The Kier molecular flexibility index (Phi) is 4.51. The zero-order valence-electron chi connectivity index (χ0n) is 10.6. The summed E-state index contributed by atoms with van der Waals surface area (Å²) in [5.41, 5.74) is -3.88. The van der Waals surface area contributed by atoms with E-state index in [1.807, 2.05) is 0 Å². The monoisotopic (exact) mass is 420 g/mol. The minimum atomic E-state index is -4.82. The molecule has 0 unspecified atom stereocenters. The second kappa shape index (κ2) is 5.82. The Labute approximate surface area is 137 Å². The molecule has 0 aliphatic rings. The summed E-state index contributed by atoms with van der Waals surface area (Å²) in [6.07, 6.45) is -8.95. The van der Waals surface area contributed by atoms with E-state index in [1.165, 1.54) is 0 Å². The standard InChI is InChI=1S/C12H4BrClF6N2O/c13-6-1-5(11(15,16)17)2-7(14)10(6)22-4-21-8(3-9(22)23)12(18,19)20/h1-4H. The molecule has 11 heteroatoms. The van der Waals surface area contributed by atoms with Crippen LogP contribution in [-0.4, -0.2) is 9.55 Å². The van der Waals surface area contributed by atoms with E-state index < -0.39 is 34.2 Å². The first kappa shape index (κ1) is 17.8. The number of aromatic nitrogens is 2. The van der Waals surface area contributed by atoms with E-state index in [0.717, 1.165) is 0 Å². The fourth-order valence-corrected chi connectivity index (χ4v) is 2.76. The molecule has 0 aliphatic heterocycles. The number of rotatable bonds is 1. The highest BCUT2D eigenvalue weighted by Crippen LogP contribution is 2.37. The van der Waals surface area contributed by atoms with Crippen LogP contribution in [0.5, 0.6) is 0 Å². The van der Waals surface area contributed by atoms with Crippen molar-refractivity contribution in [3.8, 4) is 5.69 Å². The first-order valence-corrected chi connectivity index (χ1v) is 6.81. The van der Waals surface area contributed by atoms with E-state index in [0.29, 0.717) is 23.0 Å². The SMILES string of the molecule is O=c1cc(C(F)(F)F)ncn1-c1c(Cl)cc(C(F)(F)F)cc1Br. The quantitative estimate of drug-likeness (QED) is 0.627. The maximum absolute atomic E-state index is 12.7. The predicted octanol–water partition coefficient (Wildman–Crippen LogP) is 4.69. The van der Waals surface area contributed by atoms with Crippen molar-refractivity contribution in [2.45, 2.75) is 12.4 Å². The number of alkyl halides is 6. The molecule has 1 heterocycles. The van der Waals surface area contributed by atoms with Gasteiger partial charge in [-0.15, -0.1) is 0 Å². The van der Waals surface area contributed by atoms with Gasteiger partial charge in [0.05, 0.1) is 16.3 Å². The van der Waals surface area contributed by atoms with E-state index in [-0.39, 0.29) is 16.2 Å². The van der Waals surface area contributed by atoms with Gasteiger partial charge in [-0.1, -0.05) is 11.6 Å². The third kappa shape index (κ3) is 3.69. The van der Waals surface area contributed by atoms with Gasteiger partial charge in [-0.3, -0.25) is 9.36 Å². The second-order valence-electron chi connectivity index (χ2n) is 4.27. The highest BCUT2D eigenvalue weighted by molar-refractivity contribution is 9.10. The van der Waals surface area contributed by atoms with Crippen molar-refractivity contribution >= 4 is 27.5 Å². The molecule has 0 spiro atoms. The summed E-state index contributed by atoms with van der Waals surface area (Å²) < 4.78 is 75.8. The summed E-state index contributed by atoms with van der Waals surface area (Å²) in [6, 6.07) is 1.44. The van der Waals surface area contributed by atoms with Gasteiger partial charge in [-0.05, 0) is 28.1 Å². The summed E-state index contributed by atoms with van der Waals surface area (Å²) in [7, 11) is 0. The van der Waals surface area contributed by atoms with Crippen LogP contribution in [-0.2, 0) is 12.4 Å². The van der Waals surface area contributed by atoms with Crippen LogP contribution in [0.1, 0.15) is 11.3 Å². The third-order valence-corrected chi connectivity index (χ3v) is 3.58.